The monoisotopic (exact) mass is 382 g/mol. The molecule has 0 bridgehead atoms. The van der Waals surface area contributed by atoms with Crippen molar-refractivity contribution in [2.24, 2.45) is 0 Å². The molecule has 1 aromatic carbocycles. The van der Waals surface area contributed by atoms with E-state index < -0.39 is 0 Å². The summed E-state index contributed by atoms with van der Waals surface area (Å²) in [6.07, 6.45) is 4.96. The Morgan fingerprint density at radius 3 is 2.70 bits per heavy atom. The Bertz CT molecular complexity index is 867. The number of para-hydroxylation sites is 1. The van der Waals surface area contributed by atoms with Crippen LogP contribution in [-0.4, -0.2) is 36.2 Å². The number of carbonyl (C=O) groups is 1. The van der Waals surface area contributed by atoms with Crippen molar-refractivity contribution in [1.29, 1.82) is 0 Å². The maximum absolute atomic E-state index is 11.9. The number of nitrogens with one attached hydrogen (secondary N) is 2. The molecule has 0 spiro atoms. The largest absolute Gasteiger partial charge is 0.496 e. The van der Waals surface area contributed by atoms with Crippen molar-refractivity contribution in [3.05, 3.63) is 65.4 Å². The fourth-order valence-electron chi connectivity index (χ4n) is 2.63. The van der Waals surface area contributed by atoms with Gasteiger partial charge < -0.3 is 15.4 Å². The third-order valence-electron chi connectivity index (χ3n) is 4.00. The van der Waals surface area contributed by atoms with Gasteiger partial charge in [0.1, 0.15) is 10.8 Å². The minimum atomic E-state index is -0.174. The number of hydrogen-bond donors (Lipinski definition) is 2. The molecule has 0 fully saturated rings. The van der Waals surface area contributed by atoms with Gasteiger partial charge in [0.2, 0.25) is 0 Å². The average molecular weight is 382 g/mol. The summed E-state index contributed by atoms with van der Waals surface area (Å²) < 4.78 is 5.31. The molecule has 0 saturated heterocycles. The summed E-state index contributed by atoms with van der Waals surface area (Å²) in [5.74, 6) is 0.840. The Hall–Kier alpha value is -2.93. The fraction of sp³-hybridized carbons (Fsp3) is 0.250. The Morgan fingerprint density at radius 2 is 1.93 bits per heavy atom. The molecular formula is C20H22N4O2S. The molecule has 3 aromatic rings. The Morgan fingerprint density at radius 1 is 1.11 bits per heavy atom. The standard InChI is InChI=1S/C20H22N4O2S/c1-26-18-7-3-2-5-15(18)8-11-22-20(25)23-12-9-17-14-27-19(24-17)16-6-4-10-21-13-16/h2-7,10,13-14H,8-9,11-12H2,1H3,(H2,22,23,25). The highest BCUT2D eigenvalue weighted by atomic mass is 32.1. The normalized spacial score (nSPS) is 10.4. The average Bonchev–Trinajstić information content (AvgIpc) is 3.18. The van der Waals surface area contributed by atoms with Crippen molar-refractivity contribution in [2.45, 2.75) is 12.8 Å². The molecule has 2 aromatic heterocycles. The first-order chi connectivity index (χ1) is 13.3. The predicted octanol–water partition coefficient (Wildman–Crippen LogP) is 3.30. The van der Waals surface area contributed by atoms with Gasteiger partial charge in [0, 0.05) is 42.8 Å². The van der Waals surface area contributed by atoms with Crippen LogP contribution < -0.4 is 15.4 Å². The van der Waals surface area contributed by atoms with Gasteiger partial charge in [-0.15, -0.1) is 11.3 Å². The molecule has 0 atom stereocenters. The maximum atomic E-state index is 11.9. The number of ether oxygens (including phenoxy) is 1. The zero-order valence-electron chi connectivity index (χ0n) is 15.1. The van der Waals surface area contributed by atoms with Crippen LogP contribution in [0.3, 0.4) is 0 Å². The lowest BCUT2D eigenvalue weighted by Gasteiger charge is -2.09. The minimum absolute atomic E-state index is 0.174. The molecule has 2 amide bonds. The van der Waals surface area contributed by atoms with Crippen molar-refractivity contribution in [2.75, 3.05) is 20.2 Å². The Balaban J connectivity index is 1.38. The minimum Gasteiger partial charge on any atom is -0.496 e. The smallest absolute Gasteiger partial charge is 0.314 e. The van der Waals surface area contributed by atoms with Gasteiger partial charge in [-0.25, -0.2) is 9.78 Å². The van der Waals surface area contributed by atoms with Crippen LogP contribution in [0.5, 0.6) is 5.75 Å². The summed E-state index contributed by atoms with van der Waals surface area (Å²) in [7, 11) is 1.65. The summed E-state index contributed by atoms with van der Waals surface area (Å²) in [5.41, 5.74) is 3.05. The van der Waals surface area contributed by atoms with Crippen LogP contribution in [0.4, 0.5) is 4.79 Å². The summed E-state index contributed by atoms with van der Waals surface area (Å²) in [6, 6.07) is 11.5. The molecule has 7 heteroatoms. The molecule has 0 aliphatic carbocycles. The van der Waals surface area contributed by atoms with Gasteiger partial charge in [-0.1, -0.05) is 18.2 Å². The van der Waals surface area contributed by atoms with Crippen LogP contribution in [0.25, 0.3) is 10.6 Å². The zero-order valence-corrected chi connectivity index (χ0v) is 16.0. The Kier molecular flexibility index (Phi) is 6.76. The molecule has 0 saturated carbocycles. The van der Waals surface area contributed by atoms with E-state index in [-0.39, 0.29) is 6.03 Å². The van der Waals surface area contributed by atoms with Gasteiger partial charge in [0.15, 0.2) is 0 Å². The third kappa shape index (κ3) is 5.52. The van der Waals surface area contributed by atoms with E-state index in [4.69, 9.17) is 4.74 Å². The SMILES string of the molecule is COc1ccccc1CCNC(=O)NCCc1csc(-c2cccnc2)n1. The first kappa shape index (κ1) is 18.8. The third-order valence-corrected chi connectivity index (χ3v) is 4.94. The number of amides is 2. The second-order valence-corrected chi connectivity index (χ2v) is 6.74. The van der Waals surface area contributed by atoms with E-state index in [0.29, 0.717) is 19.5 Å². The lowest BCUT2D eigenvalue weighted by atomic mass is 10.1. The molecular weight excluding hydrogens is 360 g/mol. The van der Waals surface area contributed by atoms with Crippen molar-refractivity contribution >= 4 is 17.4 Å². The number of rotatable bonds is 8. The quantitative estimate of drug-likeness (QED) is 0.627. The lowest BCUT2D eigenvalue weighted by molar-refractivity contribution is 0.241. The summed E-state index contributed by atoms with van der Waals surface area (Å²) in [5, 5.41) is 8.70. The van der Waals surface area contributed by atoms with Gasteiger partial charge in [-0.2, -0.15) is 0 Å². The van der Waals surface area contributed by atoms with E-state index in [1.807, 2.05) is 41.8 Å². The highest BCUT2D eigenvalue weighted by molar-refractivity contribution is 7.13. The molecule has 0 radical (unpaired) electrons. The van der Waals surface area contributed by atoms with Crippen molar-refractivity contribution in [3.8, 4) is 16.3 Å². The van der Waals surface area contributed by atoms with Gasteiger partial charge in [-0.3, -0.25) is 4.98 Å². The van der Waals surface area contributed by atoms with Gasteiger partial charge in [-0.05, 0) is 30.2 Å². The lowest BCUT2D eigenvalue weighted by Crippen LogP contribution is -2.37. The molecule has 2 N–H and O–H groups in total. The maximum Gasteiger partial charge on any atom is 0.314 e. The van der Waals surface area contributed by atoms with E-state index >= 15 is 0 Å². The van der Waals surface area contributed by atoms with E-state index in [1.54, 1.807) is 30.8 Å². The van der Waals surface area contributed by atoms with E-state index in [1.165, 1.54) is 0 Å². The molecule has 0 unspecified atom stereocenters. The van der Waals surface area contributed by atoms with Crippen LogP contribution in [0.15, 0.2) is 54.2 Å². The van der Waals surface area contributed by atoms with Crippen LogP contribution in [0.1, 0.15) is 11.3 Å². The number of methoxy groups -OCH3 is 1. The summed E-state index contributed by atoms with van der Waals surface area (Å²) in [6.45, 7) is 1.09. The Labute approximate surface area is 162 Å². The van der Waals surface area contributed by atoms with Gasteiger partial charge >= 0.3 is 6.03 Å². The van der Waals surface area contributed by atoms with Crippen LogP contribution in [-0.2, 0) is 12.8 Å². The number of nitrogens with zero attached hydrogens (tertiary/aromatic N) is 2. The highest BCUT2D eigenvalue weighted by Gasteiger charge is 2.06. The number of carbonyl (C=O) groups excluding carboxylic acids is 1. The number of urea groups is 1. The predicted molar refractivity (Wildman–Crippen MR) is 107 cm³/mol. The number of aromatic nitrogens is 2. The van der Waals surface area contributed by atoms with Crippen LogP contribution >= 0.6 is 11.3 Å². The highest BCUT2D eigenvalue weighted by Crippen LogP contribution is 2.22. The van der Waals surface area contributed by atoms with E-state index in [2.05, 4.69) is 20.6 Å². The molecule has 140 valence electrons. The molecule has 27 heavy (non-hydrogen) atoms. The second-order valence-electron chi connectivity index (χ2n) is 5.88. The number of benzene rings is 1. The molecule has 2 heterocycles. The molecule has 0 aliphatic heterocycles. The van der Waals surface area contributed by atoms with Crippen LogP contribution in [0, 0.1) is 0 Å². The second kappa shape index (κ2) is 9.68. The molecule has 0 aliphatic rings. The van der Waals surface area contributed by atoms with Gasteiger partial charge in [0.05, 0.1) is 12.8 Å². The molecule has 3 rings (SSSR count). The first-order valence-corrected chi connectivity index (χ1v) is 9.62. The van der Waals surface area contributed by atoms with E-state index in [0.717, 1.165) is 34.0 Å². The van der Waals surface area contributed by atoms with Crippen molar-refractivity contribution in [3.63, 3.8) is 0 Å². The van der Waals surface area contributed by atoms with Gasteiger partial charge in [0.25, 0.3) is 0 Å². The number of pyridine rings is 1. The van der Waals surface area contributed by atoms with Crippen LogP contribution in [0.2, 0.25) is 0 Å². The van der Waals surface area contributed by atoms with Crippen molar-refractivity contribution in [1.82, 2.24) is 20.6 Å². The number of thiazole rings is 1. The first-order valence-electron chi connectivity index (χ1n) is 8.74. The fourth-order valence-corrected chi connectivity index (χ4v) is 3.48. The zero-order chi connectivity index (χ0) is 18.9. The summed E-state index contributed by atoms with van der Waals surface area (Å²) in [4.78, 5) is 20.6. The molecule has 6 nitrogen and oxygen atoms in total. The summed E-state index contributed by atoms with van der Waals surface area (Å²) >= 11 is 1.59. The van der Waals surface area contributed by atoms with E-state index in [9.17, 15) is 4.79 Å². The van der Waals surface area contributed by atoms with Crippen molar-refractivity contribution < 1.29 is 9.53 Å². The number of hydrogen-bond acceptors (Lipinski definition) is 5. The topological polar surface area (TPSA) is 76.1 Å².